The van der Waals surface area contributed by atoms with E-state index in [0.717, 1.165) is 16.9 Å². The lowest BCUT2D eigenvalue weighted by molar-refractivity contribution is -0.386. The summed E-state index contributed by atoms with van der Waals surface area (Å²) in [7, 11) is 1.61. The maximum atomic E-state index is 13.7. The summed E-state index contributed by atoms with van der Waals surface area (Å²) in [5.41, 5.74) is 2.55. The van der Waals surface area contributed by atoms with Crippen LogP contribution in [0.15, 0.2) is 64.5 Å². The van der Waals surface area contributed by atoms with Crippen LogP contribution in [0.3, 0.4) is 0 Å². The summed E-state index contributed by atoms with van der Waals surface area (Å²) in [6.45, 7) is 9.25. The van der Waals surface area contributed by atoms with Crippen molar-refractivity contribution in [2.75, 3.05) is 13.7 Å². The molecule has 42 heavy (non-hydrogen) atoms. The minimum Gasteiger partial charge on any atom is -0.496 e. The Balaban J connectivity index is 1.84. The molecule has 1 heterocycles. The monoisotopic (exact) mass is 572 g/mol. The first-order chi connectivity index (χ1) is 20.0. The number of hydrogen-bond donors (Lipinski definition) is 0. The number of aromatic nitrogens is 2. The first kappa shape index (κ1) is 29.9. The zero-order valence-corrected chi connectivity index (χ0v) is 24.3. The van der Waals surface area contributed by atoms with Gasteiger partial charge >= 0.3 is 11.7 Å². The van der Waals surface area contributed by atoms with E-state index in [1.807, 2.05) is 32.9 Å². The summed E-state index contributed by atoms with van der Waals surface area (Å²) < 4.78 is 17.2. The summed E-state index contributed by atoms with van der Waals surface area (Å²) in [6.07, 6.45) is 0.297. The highest BCUT2D eigenvalue weighted by atomic mass is 16.6. The van der Waals surface area contributed by atoms with E-state index in [1.54, 1.807) is 44.4 Å². The van der Waals surface area contributed by atoms with Crippen LogP contribution in [0.4, 0.5) is 5.69 Å². The number of hydrogen-bond acceptors (Lipinski definition) is 9. The highest BCUT2D eigenvalue weighted by Crippen LogP contribution is 2.34. The molecule has 0 aliphatic heterocycles. The van der Waals surface area contributed by atoms with E-state index >= 15 is 0 Å². The van der Waals surface area contributed by atoms with E-state index in [1.165, 1.54) is 29.9 Å². The number of carbonyl (C=O) groups excluding carboxylic acids is 1. The fourth-order valence-electron chi connectivity index (χ4n) is 4.45. The second kappa shape index (κ2) is 12.6. The summed E-state index contributed by atoms with van der Waals surface area (Å²) in [6, 6.07) is 15.0. The second-order valence-electron chi connectivity index (χ2n) is 9.87. The standard InChI is InChI=1S/C31H32N4O7/c1-7-41-31(37)20(5)42-27-13-12-21(15-26(27)35(38)39)17-32-34-29(33-25-11-9-8-10-22(25)30(34)36)24-16-23(18(2)3)28(40-6)14-19(24)4/h8-18,20H,7H2,1-6H3/t20-/m0/s1. The summed E-state index contributed by atoms with van der Waals surface area (Å²) in [5, 5.41) is 16.7. The topological polar surface area (TPSA) is 135 Å². The van der Waals surface area contributed by atoms with Crippen LogP contribution in [0.25, 0.3) is 22.3 Å². The number of aryl methyl sites for hydroxylation is 1. The first-order valence-corrected chi connectivity index (χ1v) is 13.4. The van der Waals surface area contributed by atoms with Crippen LogP contribution in [0.5, 0.6) is 11.5 Å². The molecule has 0 unspecified atom stereocenters. The number of benzene rings is 3. The molecule has 11 nitrogen and oxygen atoms in total. The van der Waals surface area contributed by atoms with Gasteiger partial charge in [0, 0.05) is 17.2 Å². The van der Waals surface area contributed by atoms with Crippen molar-refractivity contribution < 1.29 is 23.9 Å². The van der Waals surface area contributed by atoms with Gasteiger partial charge in [0.1, 0.15) is 5.75 Å². The Hall–Kier alpha value is -5.06. The van der Waals surface area contributed by atoms with Gasteiger partial charge in [-0.1, -0.05) is 26.0 Å². The van der Waals surface area contributed by atoms with E-state index in [0.29, 0.717) is 27.9 Å². The molecular weight excluding hydrogens is 540 g/mol. The Kier molecular flexibility index (Phi) is 8.99. The van der Waals surface area contributed by atoms with E-state index in [4.69, 9.17) is 19.2 Å². The Morgan fingerprint density at radius 2 is 1.86 bits per heavy atom. The maximum absolute atomic E-state index is 13.7. The predicted octanol–water partition coefficient (Wildman–Crippen LogP) is 5.62. The van der Waals surface area contributed by atoms with Crippen molar-refractivity contribution >= 4 is 28.8 Å². The van der Waals surface area contributed by atoms with Crippen LogP contribution >= 0.6 is 0 Å². The number of ether oxygens (including phenoxy) is 3. The van der Waals surface area contributed by atoms with Gasteiger partial charge in [0.25, 0.3) is 5.56 Å². The smallest absolute Gasteiger partial charge is 0.347 e. The fraction of sp³-hybridized carbons (Fsp3) is 0.290. The Morgan fingerprint density at radius 1 is 1.12 bits per heavy atom. The lowest BCUT2D eigenvalue weighted by Gasteiger charge is -2.17. The van der Waals surface area contributed by atoms with E-state index in [9.17, 15) is 19.7 Å². The minimum absolute atomic E-state index is 0.0991. The molecule has 0 fully saturated rings. The quantitative estimate of drug-likeness (QED) is 0.103. The molecule has 218 valence electrons. The fourth-order valence-corrected chi connectivity index (χ4v) is 4.45. The number of nitro benzene ring substituents is 1. The van der Waals surface area contributed by atoms with Crippen molar-refractivity contribution in [3.63, 3.8) is 0 Å². The normalized spacial score (nSPS) is 12.1. The molecule has 0 amide bonds. The van der Waals surface area contributed by atoms with Gasteiger partial charge in [-0.2, -0.15) is 9.78 Å². The van der Waals surface area contributed by atoms with Crippen LogP contribution in [0, 0.1) is 17.0 Å². The van der Waals surface area contributed by atoms with Gasteiger partial charge in [0.2, 0.25) is 0 Å². The van der Waals surface area contributed by atoms with Gasteiger partial charge in [0.05, 0.1) is 35.8 Å². The van der Waals surface area contributed by atoms with E-state index < -0.39 is 22.6 Å². The number of fused-ring (bicyclic) bond motifs is 1. The van der Waals surface area contributed by atoms with Gasteiger partial charge in [-0.05, 0) is 74.2 Å². The number of methoxy groups -OCH3 is 1. The molecule has 0 bridgehead atoms. The van der Waals surface area contributed by atoms with Crippen LogP contribution in [-0.4, -0.2) is 46.6 Å². The van der Waals surface area contributed by atoms with Crippen molar-refractivity contribution in [1.29, 1.82) is 0 Å². The molecule has 0 aliphatic carbocycles. The Bertz CT molecular complexity index is 1740. The van der Waals surface area contributed by atoms with Gasteiger partial charge < -0.3 is 14.2 Å². The van der Waals surface area contributed by atoms with Crippen LogP contribution < -0.4 is 15.0 Å². The number of para-hydroxylation sites is 1. The molecule has 4 aromatic rings. The van der Waals surface area contributed by atoms with Crippen LogP contribution in [0.1, 0.15) is 50.3 Å². The predicted molar refractivity (Wildman–Crippen MR) is 160 cm³/mol. The zero-order valence-electron chi connectivity index (χ0n) is 24.3. The highest BCUT2D eigenvalue weighted by molar-refractivity contribution is 5.83. The molecular formula is C31H32N4O7. The van der Waals surface area contributed by atoms with E-state index in [2.05, 4.69) is 5.10 Å². The van der Waals surface area contributed by atoms with Gasteiger partial charge in [-0.15, -0.1) is 0 Å². The largest absolute Gasteiger partial charge is 0.496 e. The number of esters is 1. The first-order valence-electron chi connectivity index (χ1n) is 13.4. The molecule has 0 spiro atoms. The third-order valence-corrected chi connectivity index (χ3v) is 6.62. The third kappa shape index (κ3) is 6.14. The Morgan fingerprint density at radius 3 is 2.52 bits per heavy atom. The molecule has 0 aliphatic rings. The molecule has 0 saturated heterocycles. The van der Waals surface area contributed by atoms with Crippen molar-refractivity contribution in [3.8, 4) is 22.9 Å². The lowest BCUT2D eigenvalue weighted by Crippen LogP contribution is -2.26. The average Bonchev–Trinajstić information content (AvgIpc) is 2.96. The number of nitro groups is 1. The SMILES string of the molecule is CCOC(=O)[C@H](C)Oc1ccc(C=Nn2c(-c3cc(C(C)C)c(OC)cc3C)nc3ccccc3c2=O)cc1[N+](=O)[O-]. The summed E-state index contributed by atoms with van der Waals surface area (Å²) in [4.78, 5) is 41.7. The van der Waals surface area contributed by atoms with Crippen molar-refractivity contribution in [2.24, 2.45) is 5.10 Å². The Labute approximate surface area is 242 Å². The number of nitrogens with zero attached hydrogens (tertiary/aromatic N) is 4. The molecule has 0 radical (unpaired) electrons. The molecule has 0 saturated carbocycles. The van der Waals surface area contributed by atoms with Crippen molar-refractivity contribution in [3.05, 3.63) is 91.8 Å². The molecule has 11 heteroatoms. The molecule has 1 aromatic heterocycles. The maximum Gasteiger partial charge on any atom is 0.347 e. The zero-order chi connectivity index (χ0) is 30.6. The molecule has 1 atom stereocenters. The van der Waals surface area contributed by atoms with Crippen LogP contribution in [0.2, 0.25) is 0 Å². The lowest BCUT2D eigenvalue weighted by atomic mass is 9.96. The average molecular weight is 573 g/mol. The molecule has 0 N–H and O–H groups in total. The highest BCUT2D eigenvalue weighted by Gasteiger charge is 2.23. The van der Waals surface area contributed by atoms with Crippen molar-refractivity contribution in [2.45, 2.75) is 46.6 Å². The minimum atomic E-state index is -1.04. The van der Waals surface area contributed by atoms with Crippen LogP contribution in [-0.2, 0) is 9.53 Å². The van der Waals surface area contributed by atoms with E-state index in [-0.39, 0.29) is 24.0 Å². The van der Waals surface area contributed by atoms with Crippen molar-refractivity contribution in [1.82, 2.24) is 9.66 Å². The second-order valence-corrected chi connectivity index (χ2v) is 9.87. The van der Waals surface area contributed by atoms with Gasteiger partial charge in [-0.3, -0.25) is 14.9 Å². The van der Waals surface area contributed by atoms with Gasteiger partial charge in [0.15, 0.2) is 17.7 Å². The molecule has 4 rings (SSSR count). The number of carbonyl (C=O) groups is 1. The van der Waals surface area contributed by atoms with Gasteiger partial charge in [-0.25, -0.2) is 9.78 Å². The summed E-state index contributed by atoms with van der Waals surface area (Å²) >= 11 is 0. The molecule has 3 aromatic carbocycles. The summed E-state index contributed by atoms with van der Waals surface area (Å²) in [5.74, 6) is 0.447. The number of rotatable bonds is 10. The third-order valence-electron chi connectivity index (χ3n) is 6.62.